The number of aromatic nitrogens is 4. The average Bonchev–Trinajstić information content (AvgIpc) is 3.46. The first kappa shape index (κ1) is 29.7. The average molecular weight is 592 g/mol. The van der Waals surface area contributed by atoms with Gasteiger partial charge in [-0.2, -0.15) is 5.10 Å². The van der Waals surface area contributed by atoms with E-state index >= 15 is 0 Å². The number of halogens is 1. The van der Waals surface area contributed by atoms with E-state index in [0.29, 0.717) is 41.5 Å². The largest absolute Gasteiger partial charge is 0.469 e. The van der Waals surface area contributed by atoms with Gasteiger partial charge in [0.15, 0.2) is 0 Å². The van der Waals surface area contributed by atoms with Crippen molar-refractivity contribution < 1.29 is 28.6 Å². The lowest BCUT2D eigenvalue weighted by Crippen LogP contribution is -2.52. The number of hydrogen-bond donors (Lipinski definition) is 3. The van der Waals surface area contributed by atoms with E-state index in [4.69, 9.17) is 14.5 Å². The van der Waals surface area contributed by atoms with Crippen LogP contribution in [0.5, 0.6) is 0 Å². The van der Waals surface area contributed by atoms with Gasteiger partial charge in [-0.15, -0.1) is 0 Å². The maximum absolute atomic E-state index is 15.0. The molecule has 0 radical (unpaired) electrons. The molecule has 4 heterocycles. The number of ether oxygens (including phenoxy) is 2. The fraction of sp³-hybridized carbons (Fsp3) is 0.367. The Bertz CT molecular complexity index is 1640. The molecule has 0 saturated carbocycles. The van der Waals surface area contributed by atoms with Gasteiger partial charge in [0.1, 0.15) is 23.1 Å². The van der Waals surface area contributed by atoms with Gasteiger partial charge in [0.2, 0.25) is 0 Å². The third kappa shape index (κ3) is 7.00. The lowest BCUT2D eigenvalue weighted by molar-refractivity contribution is -0.147. The Morgan fingerprint density at radius 2 is 1.95 bits per heavy atom. The van der Waals surface area contributed by atoms with E-state index in [0.717, 1.165) is 5.39 Å². The van der Waals surface area contributed by atoms with Crippen molar-refractivity contribution in [3.05, 3.63) is 66.4 Å². The molecule has 12 nitrogen and oxygen atoms in total. The van der Waals surface area contributed by atoms with Crippen LogP contribution in [0.1, 0.15) is 32.9 Å². The molecule has 13 heteroatoms. The molecule has 43 heavy (non-hydrogen) atoms. The van der Waals surface area contributed by atoms with Crippen LogP contribution in [0, 0.1) is 11.7 Å². The smallest absolute Gasteiger partial charge is 0.410 e. The molecular weight excluding hydrogens is 557 g/mol. The van der Waals surface area contributed by atoms with E-state index in [-0.39, 0.29) is 24.9 Å². The van der Waals surface area contributed by atoms with E-state index in [1.54, 1.807) is 63.5 Å². The normalized spacial score (nSPS) is 17.0. The van der Waals surface area contributed by atoms with Crippen molar-refractivity contribution in [3.8, 4) is 5.69 Å². The predicted molar refractivity (Wildman–Crippen MR) is 158 cm³/mol. The zero-order valence-corrected chi connectivity index (χ0v) is 24.4. The molecule has 5 rings (SSSR count). The molecule has 2 atom stereocenters. The molecular formula is C30H34FN7O5. The van der Waals surface area contributed by atoms with Crippen molar-refractivity contribution in [3.63, 3.8) is 0 Å². The number of aliphatic hydroxyl groups excluding tert-OH is 1. The second-order valence-corrected chi connectivity index (χ2v) is 11.3. The summed E-state index contributed by atoms with van der Waals surface area (Å²) in [7, 11) is 1.32. The van der Waals surface area contributed by atoms with Crippen LogP contribution in [0.2, 0.25) is 0 Å². The first-order valence-corrected chi connectivity index (χ1v) is 13.8. The number of nitrogens with one attached hydrogen (secondary N) is 2. The van der Waals surface area contributed by atoms with Crippen LogP contribution in [-0.4, -0.2) is 73.7 Å². The first-order valence-electron chi connectivity index (χ1n) is 13.8. The number of nitrogens with zero attached hydrogens (tertiary/aromatic N) is 5. The van der Waals surface area contributed by atoms with Gasteiger partial charge >= 0.3 is 12.1 Å². The summed E-state index contributed by atoms with van der Waals surface area (Å²) in [6.45, 7) is 5.73. The second-order valence-electron chi connectivity index (χ2n) is 11.3. The molecule has 2 unspecified atom stereocenters. The quantitative estimate of drug-likeness (QED) is 0.265. The standard InChI is InChI=1S/C30H34FN7O5/c1-30(2,3)43-29(41)37-11-10-23(21(16-37)28(40)42-4)33-26-8-5-18-15-32-27(14-25(18)35-26)34-24-7-6-20(13-22(24)31)38-12-9-19(17-39)36-38/h5-9,12-15,21,23,39H,10-11,16-17H2,1-4H3,(H,32,34)(H,33,35). The van der Waals surface area contributed by atoms with Gasteiger partial charge in [-0.3, -0.25) is 4.79 Å². The molecule has 1 aliphatic heterocycles. The third-order valence-corrected chi connectivity index (χ3v) is 6.96. The summed E-state index contributed by atoms with van der Waals surface area (Å²) in [5.41, 5.74) is 1.17. The SMILES string of the molecule is COC(=O)C1CN(C(=O)OC(C)(C)C)CCC1Nc1ccc2cnc(Nc3ccc(-n4ccc(CO)n4)cc3F)cc2n1. The summed E-state index contributed by atoms with van der Waals surface area (Å²) in [6, 6.07) is 11.3. The number of aliphatic hydroxyl groups is 1. The Hall–Kier alpha value is -4.78. The number of hydrogen-bond acceptors (Lipinski definition) is 10. The van der Waals surface area contributed by atoms with E-state index < -0.39 is 29.4 Å². The van der Waals surface area contributed by atoms with Crippen molar-refractivity contribution in [1.29, 1.82) is 0 Å². The second kappa shape index (κ2) is 12.2. The number of carbonyl (C=O) groups is 2. The Labute approximate surface area is 247 Å². The molecule has 1 aromatic carbocycles. The molecule has 226 valence electrons. The van der Waals surface area contributed by atoms with Crippen LogP contribution in [-0.2, 0) is 20.9 Å². The Morgan fingerprint density at radius 3 is 2.65 bits per heavy atom. The number of likely N-dealkylation sites (tertiary alicyclic amines) is 1. The highest BCUT2D eigenvalue weighted by molar-refractivity contribution is 5.83. The monoisotopic (exact) mass is 591 g/mol. The van der Waals surface area contributed by atoms with Crippen molar-refractivity contribution in [2.45, 2.75) is 45.4 Å². The van der Waals surface area contributed by atoms with Gasteiger partial charge < -0.3 is 30.1 Å². The van der Waals surface area contributed by atoms with Crippen molar-refractivity contribution in [2.24, 2.45) is 5.92 Å². The molecule has 0 spiro atoms. The van der Waals surface area contributed by atoms with Crippen molar-refractivity contribution in [1.82, 2.24) is 24.6 Å². The summed E-state index contributed by atoms with van der Waals surface area (Å²) in [6.07, 6.45) is 3.29. The number of amides is 1. The van der Waals surface area contributed by atoms with E-state index in [1.165, 1.54) is 22.8 Å². The summed E-state index contributed by atoms with van der Waals surface area (Å²) < 4.78 is 27.0. The highest BCUT2D eigenvalue weighted by Gasteiger charge is 2.38. The van der Waals surface area contributed by atoms with Crippen LogP contribution in [0.25, 0.3) is 16.6 Å². The van der Waals surface area contributed by atoms with Gasteiger partial charge in [0.25, 0.3) is 0 Å². The van der Waals surface area contributed by atoms with Gasteiger partial charge in [0, 0.05) is 49.0 Å². The van der Waals surface area contributed by atoms with Crippen molar-refractivity contribution >= 4 is 40.3 Å². The number of piperidine rings is 1. The van der Waals surface area contributed by atoms with E-state index in [1.807, 2.05) is 6.07 Å². The number of fused-ring (bicyclic) bond motifs is 1. The van der Waals surface area contributed by atoms with E-state index in [9.17, 15) is 19.1 Å². The highest BCUT2D eigenvalue weighted by atomic mass is 19.1. The van der Waals surface area contributed by atoms with Gasteiger partial charge in [0.05, 0.1) is 42.2 Å². The maximum Gasteiger partial charge on any atom is 0.410 e. The van der Waals surface area contributed by atoms with E-state index in [2.05, 4.69) is 20.7 Å². The lowest BCUT2D eigenvalue weighted by atomic mass is 9.92. The molecule has 1 amide bonds. The Kier molecular flexibility index (Phi) is 8.44. The molecule has 1 fully saturated rings. The number of methoxy groups -OCH3 is 1. The molecule has 0 aliphatic carbocycles. The fourth-order valence-corrected chi connectivity index (χ4v) is 4.84. The van der Waals surface area contributed by atoms with Crippen LogP contribution in [0.4, 0.5) is 26.5 Å². The molecule has 0 bridgehead atoms. The van der Waals surface area contributed by atoms with Gasteiger partial charge in [-0.05, 0) is 57.5 Å². The highest BCUT2D eigenvalue weighted by Crippen LogP contribution is 2.27. The first-order chi connectivity index (χ1) is 20.5. The molecule has 3 aromatic heterocycles. The summed E-state index contributed by atoms with van der Waals surface area (Å²) in [5, 5.41) is 20.5. The fourth-order valence-electron chi connectivity index (χ4n) is 4.84. The van der Waals surface area contributed by atoms with Gasteiger partial charge in [-0.25, -0.2) is 23.8 Å². The minimum Gasteiger partial charge on any atom is -0.469 e. The van der Waals surface area contributed by atoms with Gasteiger partial charge in [-0.1, -0.05) is 0 Å². The zero-order chi connectivity index (χ0) is 30.7. The predicted octanol–water partition coefficient (Wildman–Crippen LogP) is 4.40. The topological polar surface area (TPSA) is 144 Å². The summed E-state index contributed by atoms with van der Waals surface area (Å²) in [4.78, 5) is 35.9. The number of anilines is 3. The molecule has 3 N–H and O–H groups in total. The van der Waals surface area contributed by atoms with Crippen LogP contribution < -0.4 is 10.6 Å². The van der Waals surface area contributed by atoms with Crippen molar-refractivity contribution in [2.75, 3.05) is 30.8 Å². The number of pyridine rings is 2. The number of rotatable bonds is 7. The van der Waals surface area contributed by atoms with Crippen LogP contribution in [0.3, 0.4) is 0 Å². The minimum atomic E-state index is -0.648. The molecule has 1 aliphatic rings. The lowest BCUT2D eigenvalue weighted by Gasteiger charge is -2.38. The molecule has 1 saturated heterocycles. The summed E-state index contributed by atoms with van der Waals surface area (Å²) in [5.74, 6) is -0.636. The minimum absolute atomic E-state index is 0.151. The summed E-state index contributed by atoms with van der Waals surface area (Å²) >= 11 is 0. The Morgan fingerprint density at radius 1 is 1.14 bits per heavy atom. The zero-order valence-electron chi connectivity index (χ0n) is 24.4. The number of benzene rings is 1. The third-order valence-electron chi connectivity index (χ3n) is 6.96. The number of carbonyl (C=O) groups excluding carboxylic acids is 2. The number of esters is 1. The van der Waals surface area contributed by atoms with Crippen LogP contribution >= 0.6 is 0 Å². The maximum atomic E-state index is 15.0. The Balaban J connectivity index is 1.30. The van der Waals surface area contributed by atoms with Crippen LogP contribution in [0.15, 0.2) is 54.9 Å². The molecule has 4 aromatic rings.